The summed E-state index contributed by atoms with van der Waals surface area (Å²) < 4.78 is 74.6. The van der Waals surface area contributed by atoms with Gasteiger partial charge in [-0.1, -0.05) is 11.6 Å². The molecule has 1 unspecified atom stereocenters. The van der Waals surface area contributed by atoms with Crippen LogP contribution in [-0.2, 0) is 19.4 Å². The first-order chi connectivity index (χ1) is 14.8. The highest BCUT2D eigenvalue weighted by molar-refractivity contribution is 7.92. The van der Waals surface area contributed by atoms with Crippen molar-refractivity contribution in [3.05, 3.63) is 23.2 Å². The van der Waals surface area contributed by atoms with E-state index >= 15 is 0 Å². The number of benzene rings is 1. The molecular formula is C20H22ClF3N2O5S. The van der Waals surface area contributed by atoms with E-state index in [1.54, 1.807) is 0 Å². The van der Waals surface area contributed by atoms with Crippen LogP contribution in [0.4, 0.5) is 13.2 Å². The Kier molecular flexibility index (Phi) is 6.71. The molecule has 2 aliphatic carbocycles. The van der Waals surface area contributed by atoms with Crippen LogP contribution in [-0.4, -0.2) is 50.6 Å². The lowest BCUT2D eigenvalue weighted by atomic mass is 10.0. The van der Waals surface area contributed by atoms with Gasteiger partial charge in [0.2, 0.25) is 5.91 Å². The highest BCUT2D eigenvalue weighted by Gasteiger charge is 2.50. The van der Waals surface area contributed by atoms with E-state index in [1.807, 2.05) is 0 Å². The molecular weight excluding hydrogens is 473 g/mol. The Bertz CT molecular complexity index is 1040. The zero-order chi connectivity index (χ0) is 23.9. The molecule has 0 spiro atoms. The number of alkyl halides is 3. The number of methoxy groups -OCH3 is 1. The van der Waals surface area contributed by atoms with Crippen molar-refractivity contribution in [2.45, 2.75) is 66.7 Å². The number of hydrogen-bond donors (Lipinski definition) is 1. The average Bonchev–Trinajstić information content (AvgIpc) is 3.33. The van der Waals surface area contributed by atoms with E-state index in [4.69, 9.17) is 21.1 Å². The quantitative estimate of drug-likeness (QED) is 0.622. The molecule has 176 valence electrons. The second-order valence-electron chi connectivity index (χ2n) is 8.10. The molecule has 4 atom stereocenters. The number of sulfone groups is 1. The minimum atomic E-state index is -4.59. The van der Waals surface area contributed by atoms with Crippen molar-refractivity contribution in [1.29, 1.82) is 5.26 Å². The maximum Gasteiger partial charge on any atom is 0.425 e. The van der Waals surface area contributed by atoms with Crippen molar-refractivity contribution >= 4 is 27.3 Å². The van der Waals surface area contributed by atoms with E-state index in [-0.39, 0.29) is 28.5 Å². The predicted octanol–water partition coefficient (Wildman–Crippen LogP) is 3.41. The first-order valence-corrected chi connectivity index (χ1v) is 11.8. The molecule has 3 rings (SSSR count). The van der Waals surface area contributed by atoms with E-state index in [2.05, 4.69) is 11.4 Å². The first kappa shape index (κ1) is 24.6. The van der Waals surface area contributed by atoms with Crippen molar-refractivity contribution in [2.75, 3.05) is 7.11 Å². The Hall–Kier alpha value is -2.03. The van der Waals surface area contributed by atoms with Gasteiger partial charge in [0.15, 0.2) is 15.9 Å². The molecule has 1 N–H and O–H groups in total. The van der Waals surface area contributed by atoms with Crippen LogP contribution < -0.4 is 10.1 Å². The number of amides is 1. The summed E-state index contributed by atoms with van der Waals surface area (Å²) in [7, 11) is -2.65. The third kappa shape index (κ3) is 4.97. The summed E-state index contributed by atoms with van der Waals surface area (Å²) in [5, 5.41) is 10.6. The van der Waals surface area contributed by atoms with Crippen LogP contribution in [0, 0.1) is 17.2 Å². The standard InChI is InChI=1S/C20H22ClF3N2O5S/c1-11(20(22,23)24)31-12-3-4-17(15(21)7-12)32(28,29)13-8-14(16(9-13)30-2)18(27)26-19(10-25)5-6-19/h3-4,7,11,13-14,16H,5-6,8-9H2,1-2H3,(H,26,27)/t11?,13-,14-,16-/m0/s1. The van der Waals surface area contributed by atoms with Gasteiger partial charge in [-0.05, 0) is 44.7 Å². The van der Waals surface area contributed by atoms with Crippen LogP contribution in [0.2, 0.25) is 5.02 Å². The zero-order valence-electron chi connectivity index (χ0n) is 17.3. The molecule has 0 aliphatic heterocycles. The third-order valence-corrected chi connectivity index (χ3v) is 8.51. The molecule has 0 radical (unpaired) electrons. The number of carbonyl (C=O) groups is 1. The molecule has 2 aliphatic rings. The number of carbonyl (C=O) groups excluding carboxylic acids is 1. The lowest BCUT2D eigenvalue weighted by Crippen LogP contribution is -2.42. The molecule has 32 heavy (non-hydrogen) atoms. The molecule has 2 fully saturated rings. The van der Waals surface area contributed by atoms with E-state index in [1.165, 1.54) is 7.11 Å². The first-order valence-electron chi connectivity index (χ1n) is 9.86. The van der Waals surface area contributed by atoms with Gasteiger partial charge in [-0.3, -0.25) is 4.79 Å². The monoisotopic (exact) mass is 494 g/mol. The lowest BCUT2D eigenvalue weighted by Gasteiger charge is -2.19. The Morgan fingerprint density at radius 2 is 2.00 bits per heavy atom. The van der Waals surface area contributed by atoms with Crippen LogP contribution in [0.3, 0.4) is 0 Å². The minimum absolute atomic E-state index is 0.0339. The smallest absolute Gasteiger partial charge is 0.425 e. The third-order valence-electron chi connectivity index (χ3n) is 5.85. The predicted molar refractivity (Wildman–Crippen MR) is 108 cm³/mol. The molecule has 7 nitrogen and oxygen atoms in total. The zero-order valence-corrected chi connectivity index (χ0v) is 18.9. The van der Waals surface area contributed by atoms with Crippen molar-refractivity contribution in [2.24, 2.45) is 5.92 Å². The molecule has 0 bridgehead atoms. The van der Waals surface area contributed by atoms with Gasteiger partial charge in [0.1, 0.15) is 11.3 Å². The van der Waals surface area contributed by atoms with Crippen LogP contribution in [0.25, 0.3) is 0 Å². The average molecular weight is 495 g/mol. The van der Waals surface area contributed by atoms with Crippen molar-refractivity contribution in [1.82, 2.24) is 5.32 Å². The van der Waals surface area contributed by atoms with Gasteiger partial charge in [0, 0.05) is 13.2 Å². The van der Waals surface area contributed by atoms with Gasteiger partial charge in [0.25, 0.3) is 0 Å². The van der Waals surface area contributed by atoms with Gasteiger partial charge in [-0.25, -0.2) is 8.42 Å². The summed E-state index contributed by atoms with van der Waals surface area (Å²) in [6.07, 6.45) is -6.27. The second-order valence-corrected chi connectivity index (χ2v) is 10.7. The van der Waals surface area contributed by atoms with Gasteiger partial charge in [0.05, 0.1) is 33.3 Å². The Morgan fingerprint density at radius 3 is 2.50 bits per heavy atom. The van der Waals surface area contributed by atoms with E-state index in [0.717, 1.165) is 25.1 Å². The largest absolute Gasteiger partial charge is 0.481 e. The number of hydrogen-bond acceptors (Lipinski definition) is 6. The van der Waals surface area contributed by atoms with Crippen molar-refractivity contribution in [3.8, 4) is 11.8 Å². The Labute approximate surface area is 188 Å². The molecule has 2 saturated carbocycles. The maximum absolute atomic E-state index is 13.2. The number of ether oxygens (including phenoxy) is 2. The fourth-order valence-corrected chi connectivity index (χ4v) is 6.04. The topological polar surface area (TPSA) is 105 Å². The number of rotatable bonds is 7. The number of nitrogens with one attached hydrogen (secondary N) is 1. The molecule has 1 aromatic carbocycles. The van der Waals surface area contributed by atoms with Gasteiger partial charge < -0.3 is 14.8 Å². The van der Waals surface area contributed by atoms with Gasteiger partial charge in [-0.2, -0.15) is 18.4 Å². The van der Waals surface area contributed by atoms with E-state index in [9.17, 15) is 31.6 Å². The fourth-order valence-electron chi connectivity index (χ4n) is 3.70. The maximum atomic E-state index is 13.2. The fraction of sp³-hybridized carbons (Fsp3) is 0.600. The highest BCUT2D eigenvalue weighted by atomic mass is 35.5. The van der Waals surface area contributed by atoms with Crippen LogP contribution >= 0.6 is 11.6 Å². The van der Waals surface area contributed by atoms with Gasteiger partial charge in [-0.15, -0.1) is 0 Å². The van der Waals surface area contributed by atoms with E-state index in [0.29, 0.717) is 12.8 Å². The summed E-state index contributed by atoms with van der Waals surface area (Å²) >= 11 is 6.09. The van der Waals surface area contributed by atoms with Crippen LogP contribution in [0.5, 0.6) is 5.75 Å². The summed E-state index contributed by atoms with van der Waals surface area (Å²) in [5.74, 6) is -1.42. The van der Waals surface area contributed by atoms with Crippen molar-refractivity contribution < 1.29 is 35.9 Å². The Balaban J connectivity index is 1.77. The molecule has 1 aromatic rings. The molecule has 0 aromatic heterocycles. The van der Waals surface area contributed by atoms with Crippen molar-refractivity contribution in [3.63, 3.8) is 0 Å². The summed E-state index contributed by atoms with van der Waals surface area (Å²) in [6, 6.07) is 5.28. The highest BCUT2D eigenvalue weighted by Crippen LogP contribution is 2.40. The normalized spacial score (nSPS) is 25.6. The van der Waals surface area contributed by atoms with Gasteiger partial charge >= 0.3 is 6.18 Å². The van der Waals surface area contributed by atoms with Crippen LogP contribution in [0.1, 0.15) is 32.6 Å². The summed E-state index contributed by atoms with van der Waals surface area (Å²) in [6.45, 7) is 0.825. The summed E-state index contributed by atoms with van der Waals surface area (Å²) in [4.78, 5) is 12.4. The second kappa shape index (κ2) is 8.72. The molecule has 12 heteroatoms. The number of nitriles is 1. The number of halogens is 4. The van der Waals surface area contributed by atoms with Crippen LogP contribution in [0.15, 0.2) is 23.1 Å². The minimum Gasteiger partial charge on any atom is -0.481 e. The molecule has 0 saturated heterocycles. The Morgan fingerprint density at radius 1 is 1.34 bits per heavy atom. The summed E-state index contributed by atoms with van der Waals surface area (Å²) in [5.41, 5.74) is -0.890. The SMILES string of the molecule is CO[C@H]1C[C@@H](S(=O)(=O)c2ccc(OC(C)C(F)(F)F)cc2Cl)C[C@@H]1C(=O)NC1(C#N)CC1. The molecule has 0 heterocycles. The lowest BCUT2D eigenvalue weighted by molar-refractivity contribution is -0.189. The number of nitrogens with zero attached hydrogens (tertiary/aromatic N) is 1. The van der Waals surface area contributed by atoms with E-state index < -0.39 is 50.8 Å². The molecule has 1 amide bonds.